The second-order valence-corrected chi connectivity index (χ2v) is 9.83. The fraction of sp³-hybridized carbons (Fsp3) is 0.520. The Kier molecular flexibility index (Phi) is 6.36. The van der Waals surface area contributed by atoms with E-state index < -0.39 is 0 Å². The van der Waals surface area contributed by atoms with Gasteiger partial charge in [0.2, 0.25) is 0 Å². The monoisotopic (exact) mass is 462 g/mol. The van der Waals surface area contributed by atoms with Gasteiger partial charge in [-0.25, -0.2) is 4.68 Å². The minimum absolute atomic E-state index is 0.000194. The largest absolute Gasteiger partial charge is 0.376 e. The molecule has 2 aliphatic rings. The molecule has 9 nitrogen and oxygen atoms in total. The van der Waals surface area contributed by atoms with Crippen molar-refractivity contribution >= 4 is 11.4 Å². The summed E-state index contributed by atoms with van der Waals surface area (Å²) in [7, 11) is 3.92. The van der Waals surface area contributed by atoms with Crippen LogP contribution in [-0.2, 0) is 0 Å². The fourth-order valence-corrected chi connectivity index (χ4v) is 4.57. The molecular weight excluding hydrogens is 428 g/mol. The Labute approximate surface area is 200 Å². The third kappa shape index (κ3) is 4.99. The fourth-order valence-electron chi connectivity index (χ4n) is 4.57. The summed E-state index contributed by atoms with van der Waals surface area (Å²) in [6, 6.07) is 6.14. The van der Waals surface area contributed by atoms with Crippen molar-refractivity contribution in [2.75, 3.05) is 43.5 Å². The summed E-state index contributed by atoms with van der Waals surface area (Å²) < 4.78 is 3.47. The van der Waals surface area contributed by atoms with Crippen molar-refractivity contribution in [3.8, 4) is 5.82 Å². The highest BCUT2D eigenvalue weighted by atomic mass is 16.1. The molecule has 1 aliphatic heterocycles. The van der Waals surface area contributed by atoms with Crippen LogP contribution in [0.4, 0.5) is 11.4 Å². The van der Waals surface area contributed by atoms with E-state index in [-0.39, 0.29) is 11.6 Å². The molecule has 1 N–H and O–H groups in total. The van der Waals surface area contributed by atoms with Crippen molar-refractivity contribution < 1.29 is 0 Å². The molecule has 34 heavy (non-hydrogen) atoms. The van der Waals surface area contributed by atoms with Gasteiger partial charge in [-0.05, 0) is 51.1 Å². The van der Waals surface area contributed by atoms with E-state index in [1.165, 1.54) is 19.3 Å². The topological polar surface area (TPSA) is 84.1 Å². The average Bonchev–Trinajstić information content (AvgIpc) is 3.56. The van der Waals surface area contributed by atoms with Gasteiger partial charge >= 0.3 is 0 Å². The van der Waals surface area contributed by atoms with Gasteiger partial charge in [-0.2, -0.15) is 10.2 Å². The zero-order chi connectivity index (χ0) is 23.7. The van der Waals surface area contributed by atoms with E-state index >= 15 is 0 Å². The molecule has 0 amide bonds. The Morgan fingerprint density at radius 1 is 1.21 bits per heavy atom. The Hall–Kier alpha value is -3.20. The van der Waals surface area contributed by atoms with Gasteiger partial charge in [0, 0.05) is 69.0 Å². The molecule has 1 saturated heterocycles. The van der Waals surface area contributed by atoms with Crippen molar-refractivity contribution in [2.24, 2.45) is 5.92 Å². The third-order valence-corrected chi connectivity index (χ3v) is 6.99. The minimum Gasteiger partial charge on any atom is -0.376 e. The Morgan fingerprint density at radius 2 is 2.06 bits per heavy atom. The van der Waals surface area contributed by atoms with Crippen LogP contribution in [0.5, 0.6) is 0 Å². The van der Waals surface area contributed by atoms with Crippen LogP contribution >= 0.6 is 0 Å². The first kappa shape index (κ1) is 22.6. The van der Waals surface area contributed by atoms with Gasteiger partial charge in [0.25, 0.3) is 5.56 Å². The summed E-state index contributed by atoms with van der Waals surface area (Å²) in [5.41, 5.74) is 2.90. The molecule has 5 rings (SSSR count). The molecule has 1 unspecified atom stereocenters. The van der Waals surface area contributed by atoms with Gasteiger partial charge in [0.05, 0.1) is 24.1 Å². The summed E-state index contributed by atoms with van der Waals surface area (Å²) in [4.78, 5) is 17.4. The average molecular weight is 463 g/mol. The molecule has 0 spiro atoms. The molecule has 3 aromatic heterocycles. The van der Waals surface area contributed by atoms with Crippen LogP contribution in [-0.4, -0.2) is 64.3 Å². The molecule has 0 bridgehead atoms. The molecule has 2 atom stereocenters. The van der Waals surface area contributed by atoms with Crippen molar-refractivity contribution in [2.45, 2.75) is 44.7 Å². The van der Waals surface area contributed by atoms with E-state index in [1.54, 1.807) is 27.7 Å². The highest BCUT2D eigenvalue weighted by Gasteiger charge is 2.25. The standard InChI is InChI=1S/C25H34N8O/c1-18(20-14-28-33(16-20)24-11-23(30(2)3)15-27-29-24)32-10-8-22(12-25(32)34)31-9-4-5-21(17-31)26-13-19-6-7-19/h8,10-12,14-16,18-19,21,26H,4-7,9,13,17H2,1-3H3/t18?,21-/m1/s1. The number of rotatable bonds is 8. The van der Waals surface area contributed by atoms with Crippen molar-refractivity contribution in [1.29, 1.82) is 0 Å². The predicted octanol–water partition coefficient (Wildman–Crippen LogP) is 2.47. The Morgan fingerprint density at radius 3 is 2.82 bits per heavy atom. The first-order valence-corrected chi connectivity index (χ1v) is 12.2. The molecule has 1 aliphatic carbocycles. The van der Waals surface area contributed by atoms with Gasteiger partial charge in [-0.1, -0.05) is 0 Å². The number of aromatic nitrogens is 5. The van der Waals surface area contributed by atoms with E-state index in [1.807, 2.05) is 44.4 Å². The zero-order valence-electron chi connectivity index (χ0n) is 20.3. The lowest BCUT2D eigenvalue weighted by Gasteiger charge is -2.35. The smallest absolute Gasteiger partial charge is 0.253 e. The van der Waals surface area contributed by atoms with E-state index in [4.69, 9.17) is 0 Å². The van der Waals surface area contributed by atoms with Crippen LogP contribution in [0.3, 0.4) is 0 Å². The molecular formula is C25H34N8O. The zero-order valence-corrected chi connectivity index (χ0v) is 20.3. The first-order valence-electron chi connectivity index (χ1n) is 12.2. The molecule has 4 heterocycles. The van der Waals surface area contributed by atoms with Crippen LogP contribution in [0, 0.1) is 5.92 Å². The van der Waals surface area contributed by atoms with E-state index in [2.05, 4.69) is 31.6 Å². The Bertz CT molecular complexity index is 1180. The highest BCUT2D eigenvalue weighted by Crippen LogP contribution is 2.28. The third-order valence-electron chi connectivity index (χ3n) is 6.99. The summed E-state index contributed by atoms with van der Waals surface area (Å²) >= 11 is 0. The lowest BCUT2D eigenvalue weighted by atomic mass is 10.0. The maximum absolute atomic E-state index is 13.1. The molecule has 0 radical (unpaired) electrons. The maximum atomic E-state index is 13.1. The molecule has 9 heteroatoms. The van der Waals surface area contributed by atoms with Crippen LogP contribution in [0.15, 0.2) is 47.8 Å². The van der Waals surface area contributed by atoms with Gasteiger partial charge < -0.3 is 19.7 Å². The van der Waals surface area contributed by atoms with Gasteiger partial charge in [-0.3, -0.25) is 4.79 Å². The number of nitrogens with zero attached hydrogens (tertiary/aromatic N) is 7. The van der Waals surface area contributed by atoms with Crippen LogP contribution in [0.25, 0.3) is 5.82 Å². The molecule has 2 fully saturated rings. The van der Waals surface area contributed by atoms with Gasteiger partial charge in [-0.15, -0.1) is 5.10 Å². The minimum atomic E-state index is -0.144. The van der Waals surface area contributed by atoms with Crippen molar-refractivity contribution in [3.63, 3.8) is 0 Å². The van der Waals surface area contributed by atoms with E-state index in [0.717, 1.165) is 48.9 Å². The molecule has 1 saturated carbocycles. The molecule has 3 aromatic rings. The summed E-state index contributed by atoms with van der Waals surface area (Å²) in [5.74, 6) is 1.52. The highest BCUT2D eigenvalue weighted by molar-refractivity contribution is 5.47. The normalized spacial score (nSPS) is 19.3. The van der Waals surface area contributed by atoms with Crippen molar-refractivity contribution in [1.82, 2.24) is 29.9 Å². The summed E-state index contributed by atoms with van der Waals surface area (Å²) in [5, 5.41) is 16.5. The second-order valence-electron chi connectivity index (χ2n) is 9.83. The van der Waals surface area contributed by atoms with Gasteiger partial charge in [0.1, 0.15) is 0 Å². The lowest BCUT2D eigenvalue weighted by Crippen LogP contribution is -2.46. The lowest BCUT2D eigenvalue weighted by molar-refractivity contribution is 0.416. The number of hydrogen-bond donors (Lipinski definition) is 1. The molecule has 0 aromatic carbocycles. The number of hydrogen-bond acceptors (Lipinski definition) is 7. The van der Waals surface area contributed by atoms with E-state index in [0.29, 0.717) is 11.9 Å². The number of piperidine rings is 1. The molecule has 180 valence electrons. The number of nitrogens with one attached hydrogen (secondary N) is 1. The van der Waals surface area contributed by atoms with Crippen LogP contribution < -0.4 is 20.7 Å². The van der Waals surface area contributed by atoms with Crippen LogP contribution in [0.1, 0.15) is 44.2 Å². The SMILES string of the molecule is CC(c1cnn(-c2cc(N(C)C)cnn2)c1)n1ccc(N2CCC[C@@H](NCC3CC3)C2)cc1=O. The maximum Gasteiger partial charge on any atom is 0.253 e. The van der Waals surface area contributed by atoms with Crippen molar-refractivity contribution in [3.05, 3.63) is 58.9 Å². The van der Waals surface area contributed by atoms with E-state index in [9.17, 15) is 4.79 Å². The summed E-state index contributed by atoms with van der Waals surface area (Å²) in [6.07, 6.45) is 12.4. The number of pyridine rings is 1. The quantitative estimate of drug-likeness (QED) is 0.551. The number of anilines is 2. The second kappa shape index (κ2) is 9.58. The summed E-state index contributed by atoms with van der Waals surface area (Å²) in [6.45, 7) is 5.12. The predicted molar refractivity (Wildman–Crippen MR) is 134 cm³/mol. The van der Waals surface area contributed by atoms with Crippen LogP contribution in [0.2, 0.25) is 0 Å². The van der Waals surface area contributed by atoms with Gasteiger partial charge in [0.15, 0.2) is 5.82 Å². The Balaban J connectivity index is 1.29. The first-order chi connectivity index (χ1) is 16.5.